The number of aromatic nitrogens is 2. The number of H-pyrrole nitrogens is 1. The fraction of sp³-hybridized carbons (Fsp3) is 0.118. The first kappa shape index (κ1) is 15.7. The molecular weight excluding hydrogens is 308 g/mol. The van der Waals surface area contributed by atoms with Crippen molar-refractivity contribution in [2.24, 2.45) is 5.73 Å². The largest absolute Gasteiger partial charge is 0.476 e. The van der Waals surface area contributed by atoms with Crippen LogP contribution in [-0.4, -0.2) is 33.2 Å². The highest BCUT2D eigenvalue weighted by Gasteiger charge is 2.16. The van der Waals surface area contributed by atoms with Crippen LogP contribution in [0, 0.1) is 0 Å². The smallest absolute Gasteiger partial charge is 0.357 e. The fourth-order valence-corrected chi connectivity index (χ4v) is 2.45. The van der Waals surface area contributed by atoms with E-state index >= 15 is 0 Å². The number of nitrogens with two attached hydrogens (primary N) is 1. The minimum Gasteiger partial charge on any atom is -0.476 e. The molecule has 0 radical (unpaired) electrons. The van der Waals surface area contributed by atoms with E-state index in [0.717, 1.165) is 5.56 Å². The molecule has 2 aromatic carbocycles. The SMILES string of the molecule is NC(Cc1ccccc1)C(=O)Nc1ccc2[nH]nc(C(=O)O)c2c1. The number of nitrogens with one attached hydrogen (secondary N) is 2. The molecule has 1 atom stereocenters. The van der Waals surface area contributed by atoms with E-state index in [2.05, 4.69) is 15.5 Å². The van der Waals surface area contributed by atoms with Crippen LogP contribution in [0.2, 0.25) is 0 Å². The van der Waals surface area contributed by atoms with E-state index < -0.39 is 12.0 Å². The number of carboxylic acids is 1. The standard InChI is InChI=1S/C17H16N4O3/c18-13(8-10-4-2-1-3-5-10)16(22)19-11-6-7-14-12(9-11)15(17(23)24)21-20-14/h1-7,9,13H,8,18H2,(H,19,22)(H,20,21)(H,23,24). The van der Waals surface area contributed by atoms with Gasteiger partial charge in [-0.05, 0) is 30.2 Å². The molecule has 0 spiro atoms. The molecule has 3 aromatic rings. The third-order valence-corrected chi connectivity index (χ3v) is 3.67. The van der Waals surface area contributed by atoms with Crippen molar-refractivity contribution in [3.8, 4) is 0 Å². The molecule has 7 heteroatoms. The van der Waals surface area contributed by atoms with Crippen LogP contribution < -0.4 is 11.1 Å². The molecule has 24 heavy (non-hydrogen) atoms. The minimum absolute atomic E-state index is 0.0883. The van der Waals surface area contributed by atoms with Gasteiger partial charge in [0.25, 0.3) is 0 Å². The van der Waals surface area contributed by atoms with E-state index in [-0.39, 0.29) is 11.6 Å². The Morgan fingerprint density at radius 3 is 2.67 bits per heavy atom. The van der Waals surface area contributed by atoms with Crippen LogP contribution in [0.4, 0.5) is 5.69 Å². The summed E-state index contributed by atoms with van der Waals surface area (Å²) in [6, 6.07) is 13.7. The molecule has 0 saturated carbocycles. The Balaban J connectivity index is 1.75. The average molecular weight is 324 g/mol. The quantitative estimate of drug-likeness (QED) is 0.570. The Morgan fingerprint density at radius 2 is 1.96 bits per heavy atom. The maximum Gasteiger partial charge on any atom is 0.357 e. The van der Waals surface area contributed by atoms with Crippen LogP contribution in [0.25, 0.3) is 10.9 Å². The Labute approximate surface area is 137 Å². The van der Waals surface area contributed by atoms with Gasteiger partial charge < -0.3 is 16.2 Å². The zero-order valence-corrected chi connectivity index (χ0v) is 12.7. The van der Waals surface area contributed by atoms with E-state index in [4.69, 9.17) is 10.8 Å². The Kier molecular flexibility index (Phi) is 4.26. The number of aromatic amines is 1. The van der Waals surface area contributed by atoms with E-state index in [1.54, 1.807) is 18.2 Å². The molecule has 0 aliphatic carbocycles. The summed E-state index contributed by atoms with van der Waals surface area (Å²) in [6.07, 6.45) is 0.418. The first-order chi connectivity index (χ1) is 11.5. The summed E-state index contributed by atoms with van der Waals surface area (Å²) >= 11 is 0. The molecule has 1 aromatic heterocycles. The second kappa shape index (κ2) is 6.51. The van der Waals surface area contributed by atoms with Crippen molar-refractivity contribution >= 4 is 28.5 Å². The second-order valence-corrected chi connectivity index (χ2v) is 5.42. The highest BCUT2D eigenvalue weighted by molar-refractivity contribution is 6.03. The summed E-state index contributed by atoms with van der Waals surface area (Å²) in [5.74, 6) is -1.47. The summed E-state index contributed by atoms with van der Waals surface area (Å²) in [7, 11) is 0. The normalized spacial score (nSPS) is 12.0. The molecule has 1 amide bonds. The lowest BCUT2D eigenvalue weighted by molar-refractivity contribution is -0.117. The number of amides is 1. The Morgan fingerprint density at radius 1 is 1.21 bits per heavy atom. The first-order valence-electron chi connectivity index (χ1n) is 7.36. The Hall–Kier alpha value is -3.19. The minimum atomic E-state index is -1.13. The number of rotatable bonds is 5. The molecule has 0 saturated heterocycles. The van der Waals surface area contributed by atoms with E-state index in [1.165, 1.54) is 0 Å². The topological polar surface area (TPSA) is 121 Å². The number of fused-ring (bicyclic) bond motifs is 1. The van der Waals surface area contributed by atoms with Crippen LogP contribution in [0.15, 0.2) is 48.5 Å². The molecule has 0 aliphatic heterocycles. The molecular formula is C17H16N4O3. The highest BCUT2D eigenvalue weighted by Crippen LogP contribution is 2.21. The molecule has 7 nitrogen and oxygen atoms in total. The van der Waals surface area contributed by atoms with Crippen LogP contribution in [0.1, 0.15) is 16.1 Å². The molecule has 122 valence electrons. The van der Waals surface area contributed by atoms with Crippen molar-refractivity contribution in [2.45, 2.75) is 12.5 Å². The van der Waals surface area contributed by atoms with Gasteiger partial charge in [-0.2, -0.15) is 5.10 Å². The lowest BCUT2D eigenvalue weighted by Gasteiger charge is -2.12. The number of aromatic carboxylic acids is 1. The van der Waals surface area contributed by atoms with E-state index in [9.17, 15) is 9.59 Å². The average Bonchev–Trinajstić information content (AvgIpc) is 2.99. The van der Waals surface area contributed by atoms with Crippen LogP contribution in [0.5, 0.6) is 0 Å². The van der Waals surface area contributed by atoms with Crippen molar-refractivity contribution in [3.05, 3.63) is 59.8 Å². The van der Waals surface area contributed by atoms with Gasteiger partial charge in [-0.3, -0.25) is 9.89 Å². The van der Waals surface area contributed by atoms with Crippen molar-refractivity contribution in [3.63, 3.8) is 0 Å². The van der Waals surface area contributed by atoms with E-state index in [0.29, 0.717) is 23.0 Å². The maximum atomic E-state index is 12.2. The zero-order chi connectivity index (χ0) is 17.1. The van der Waals surface area contributed by atoms with Crippen LogP contribution in [0.3, 0.4) is 0 Å². The van der Waals surface area contributed by atoms with Gasteiger partial charge >= 0.3 is 5.97 Å². The number of carbonyl (C=O) groups excluding carboxylic acids is 1. The second-order valence-electron chi connectivity index (χ2n) is 5.42. The summed E-state index contributed by atoms with van der Waals surface area (Å²) in [6.45, 7) is 0. The maximum absolute atomic E-state index is 12.2. The number of benzene rings is 2. The number of carbonyl (C=O) groups is 2. The zero-order valence-electron chi connectivity index (χ0n) is 12.7. The number of carboxylic acid groups (broad SMARTS) is 1. The number of hydrogen-bond acceptors (Lipinski definition) is 4. The Bertz CT molecular complexity index is 889. The summed E-state index contributed by atoms with van der Waals surface area (Å²) in [4.78, 5) is 23.4. The highest BCUT2D eigenvalue weighted by atomic mass is 16.4. The van der Waals surface area contributed by atoms with Crippen molar-refractivity contribution in [1.82, 2.24) is 10.2 Å². The summed E-state index contributed by atoms with van der Waals surface area (Å²) in [5, 5.41) is 18.6. The third-order valence-electron chi connectivity index (χ3n) is 3.67. The lowest BCUT2D eigenvalue weighted by Crippen LogP contribution is -2.37. The fourth-order valence-electron chi connectivity index (χ4n) is 2.45. The molecule has 1 unspecified atom stereocenters. The van der Waals surface area contributed by atoms with E-state index in [1.807, 2.05) is 30.3 Å². The van der Waals surface area contributed by atoms with Gasteiger partial charge in [0.15, 0.2) is 5.69 Å². The van der Waals surface area contributed by atoms with Gasteiger partial charge in [0.05, 0.1) is 11.6 Å². The van der Waals surface area contributed by atoms with Gasteiger partial charge in [-0.25, -0.2) is 4.79 Å². The first-order valence-corrected chi connectivity index (χ1v) is 7.36. The number of anilines is 1. The molecule has 0 aliphatic rings. The molecule has 3 rings (SSSR count). The monoisotopic (exact) mass is 324 g/mol. The van der Waals surface area contributed by atoms with Gasteiger partial charge in [0.2, 0.25) is 5.91 Å². The van der Waals surface area contributed by atoms with Crippen LogP contribution in [-0.2, 0) is 11.2 Å². The summed E-state index contributed by atoms with van der Waals surface area (Å²) < 4.78 is 0. The van der Waals surface area contributed by atoms with Gasteiger partial charge in [0, 0.05) is 11.1 Å². The molecule has 1 heterocycles. The van der Waals surface area contributed by atoms with Crippen molar-refractivity contribution in [2.75, 3.05) is 5.32 Å². The van der Waals surface area contributed by atoms with Gasteiger partial charge in [-0.15, -0.1) is 0 Å². The van der Waals surface area contributed by atoms with Crippen molar-refractivity contribution < 1.29 is 14.7 Å². The number of nitrogens with zero attached hydrogens (tertiary/aromatic N) is 1. The van der Waals surface area contributed by atoms with Gasteiger partial charge in [-0.1, -0.05) is 30.3 Å². The molecule has 0 fully saturated rings. The molecule has 5 N–H and O–H groups in total. The number of hydrogen-bond donors (Lipinski definition) is 4. The lowest BCUT2D eigenvalue weighted by atomic mass is 10.1. The molecule has 0 bridgehead atoms. The predicted molar refractivity (Wildman–Crippen MR) is 89.8 cm³/mol. The third kappa shape index (κ3) is 3.26. The van der Waals surface area contributed by atoms with Crippen LogP contribution >= 0.6 is 0 Å². The summed E-state index contributed by atoms with van der Waals surface area (Å²) in [5.41, 5.74) is 7.88. The predicted octanol–water partition coefficient (Wildman–Crippen LogP) is 1.77. The van der Waals surface area contributed by atoms with Gasteiger partial charge in [0.1, 0.15) is 0 Å². The van der Waals surface area contributed by atoms with Crippen molar-refractivity contribution in [1.29, 1.82) is 0 Å².